The molecule has 134 valence electrons. The lowest BCUT2D eigenvalue weighted by molar-refractivity contribution is 0.144. The van der Waals surface area contributed by atoms with E-state index in [2.05, 4.69) is 64.5 Å². The highest BCUT2D eigenvalue weighted by Crippen LogP contribution is 2.40. The van der Waals surface area contributed by atoms with Crippen LogP contribution >= 0.6 is 0 Å². The number of benzene rings is 2. The third-order valence-corrected chi connectivity index (χ3v) is 6.47. The second kappa shape index (κ2) is 6.88. The van der Waals surface area contributed by atoms with E-state index in [-0.39, 0.29) is 0 Å². The second-order valence-corrected chi connectivity index (χ2v) is 8.16. The Balaban J connectivity index is 1.23. The Labute approximate surface area is 155 Å². The standard InChI is InChI=1S/C23H27N3/c1-2-6-17(7-3-1)14-18-10-11-22-19(15-18)12-13-26(22)16-23-24-20-8-4-5-9-21(20)25-23/h1-9,18-19,22H,10-16H2,(H,24,25)/t18-,19-,22-/m0/s1. The Bertz CT molecular complexity index is 836. The fourth-order valence-corrected chi connectivity index (χ4v) is 5.24. The summed E-state index contributed by atoms with van der Waals surface area (Å²) in [5.74, 6) is 2.87. The van der Waals surface area contributed by atoms with Gasteiger partial charge < -0.3 is 4.98 Å². The van der Waals surface area contributed by atoms with E-state index in [1.165, 1.54) is 44.2 Å². The van der Waals surface area contributed by atoms with Crippen molar-refractivity contribution in [1.82, 2.24) is 14.9 Å². The van der Waals surface area contributed by atoms with Crippen LogP contribution in [-0.2, 0) is 13.0 Å². The van der Waals surface area contributed by atoms with Crippen LogP contribution in [-0.4, -0.2) is 27.5 Å². The number of likely N-dealkylation sites (tertiary alicyclic amines) is 1. The first kappa shape index (κ1) is 16.1. The van der Waals surface area contributed by atoms with Crippen LogP contribution in [0.25, 0.3) is 11.0 Å². The molecule has 1 saturated heterocycles. The van der Waals surface area contributed by atoms with Gasteiger partial charge in [-0.1, -0.05) is 42.5 Å². The van der Waals surface area contributed by atoms with Crippen molar-refractivity contribution in [2.75, 3.05) is 6.54 Å². The molecule has 3 aromatic rings. The molecule has 26 heavy (non-hydrogen) atoms. The molecule has 2 aliphatic rings. The molecule has 1 aromatic heterocycles. The first-order valence-corrected chi connectivity index (χ1v) is 10.1. The lowest BCUT2D eigenvalue weighted by Gasteiger charge is -2.35. The van der Waals surface area contributed by atoms with Gasteiger partial charge in [-0.2, -0.15) is 0 Å². The van der Waals surface area contributed by atoms with Gasteiger partial charge in [0, 0.05) is 6.04 Å². The maximum absolute atomic E-state index is 4.79. The lowest BCUT2D eigenvalue weighted by atomic mass is 9.76. The Morgan fingerprint density at radius 2 is 1.81 bits per heavy atom. The summed E-state index contributed by atoms with van der Waals surface area (Å²) in [7, 11) is 0. The van der Waals surface area contributed by atoms with E-state index in [0.717, 1.165) is 41.3 Å². The first-order valence-electron chi connectivity index (χ1n) is 10.1. The Kier molecular flexibility index (Phi) is 4.25. The van der Waals surface area contributed by atoms with Crippen LogP contribution in [0.1, 0.15) is 37.1 Å². The normalized spacial score (nSPS) is 26.2. The molecule has 3 atom stereocenters. The Hall–Kier alpha value is -2.13. The van der Waals surface area contributed by atoms with Crippen LogP contribution in [0.3, 0.4) is 0 Å². The second-order valence-electron chi connectivity index (χ2n) is 8.16. The van der Waals surface area contributed by atoms with Crippen LogP contribution in [0.2, 0.25) is 0 Å². The summed E-state index contributed by atoms with van der Waals surface area (Å²) in [6, 6.07) is 20.1. The predicted molar refractivity (Wildman–Crippen MR) is 106 cm³/mol. The van der Waals surface area contributed by atoms with Crippen LogP contribution in [0, 0.1) is 11.8 Å². The summed E-state index contributed by atoms with van der Waals surface area (Å²) >= 11 is 0. The summed E-state index contributed by atoms with van der Waals surface area (Å²) in [6.07, 6.45) is 6.73. The van der Waals surface area contributed by atoms with Crippen LogP contribution in [0.4, 0.5) is 0 Å². The molecule has 1 aliphatic heterocycles. The predicted octanol–water partition coefficient (Wildman–Crippen LogP) is 4.80. The molecule has 0 radical (unpaired) electrons. The fourth-order valence-electron chi connectivity index (χ4n) is 5.24. The fraction of sp³-hybridized carbons (Fsp3) is 0.435. The molecule has 0 amide bonds. The maximum Gasteiger partial charge on any atom is 0.121 e. The number of rotatable bonds is 4. The quantitative estimate of drug-likeness (QED) is 0.737. The molecule has 1 saturated carbocycles. The van der Waals surface area contributed by atoms with E-state index < -0.39 is 0 Å². The van der Waals surface area contributed by atoms with Gasteiger partial charge in [0.1, 0.15) is 5.82 Å². The summed E-state index contributed by atoms with van der Waals surface area (Å²) in [5.41, 5.74) is 3.75. The average molecular weight is 345 g/mol. The van der Waals surface area contributed by atoms with Crippen LogP contribution in [0.15, 0.2) is 54.6 Å². The number of imidazole rings is 1. The summed E-state index contributed by atoms with van der Waals surface area (Å²) in [4.78, 5) is 11.0. The Morgan fingerprint density at radius 3 is 2.69 bits per heavy atom. The highest BCUT2D eigenvalue weighted by Gasteiger charge is 2.38. The van der Waals surface area contributed by atoms with Gasteiger partial charge in [0.05, 0.1) is 17.6 Å². The van der Waals surface area contributed by atoms with Crippen molar-refractivity contribution in [1.29, 1.82) is 0 Å². The van der Waals surface area contributed by atoms with Crippen molar-refractivity contribution < 1.29 is 0 Å². The topological polar surface area (TPSA) is 31.9 Å². The van der Waals surface area contributed by atoms with Gasteiger partial charge in [-0.3, -0.25) is 4.90 Å². The number of hydrogen-bond acceptors (Lipinski definition) is 2. The highest BCUT2D eigenvalue weighted by molar-refractivity contribution is 5.74. The van der Waals surface area contributed by atoms with Gasteiger partial charge in [0.2, 0.25) is 0 Å². The van der Waals surface area contributed by atoms with E-state index in [9.17, 15) is 0 Å². The monoisotopic (exact) mass is 345 g/mol. The van der Waals surface area contributed by atoms with E-state index in [0.29, 0.717) is 0 Å². The van der Waals surface area contributed by atoms with Gasteiger partial charge in [0.25, 0.3) is 0 Å². The van der Waals surface area contributed by atoms with Gasteiger partial charge in [-0.15, -0.1) is 0 Å². The minimum atomic E-state index is 0.759. The molecule has 3 heteroatoms. The zero-order chi connectivity index (χ0) is 17.3. The average Bonchev–Trinajstić information content (AvgIpc) is 3.26. The third kappa shape index (κ3) is 3.16. The molecular weight excluding hydrogens is 318 g/mol. The molecule has 1 N–H and O–H groups in total. The van der Waals surface area contributed by atoms with Crippen molar-refractivity contribution in [2.24, 2.45) is 11.8 Å². The van der Waals surface area contributed by atoms with Gasteiger partial charge in [0.15, 0.2) is 0 Å². The SMILES string of the molecule is c1ccc(C[C@@H]2CC[C@H]3[C@@H](CCN3Cc3nc4ccccc4[nH]3)C2)cc1. The zero-order valence-corrected chi connectivity index (χ0v) is 15.3. The van der Waals surface area contributed by atoms with Crippen LogP contribution in [0.5, 0.6) is 0 Å². The number of H-pyrrole nitrogens is 1. The molecule has 2 fully saturated rings. The molecule has 5 rings (SSSR count). The molecule has 0 spiro atoms. The number of fused-ring (bicyclic) bond motifs is 2. The summed E-state index contributed by atoms with van der Waals surface area (Å²) in [5, 5.41) is 0. The molecule has 0 bridgehead atoms. The first-order chi connectivity index (χ1) is 12.8. The largest absolute Gasteiger partial charge is 0.341 e. The van der Waals surface area contributed by atoms with Crippen molar-refractivity contribution >= 4 is 11.0 Å². The van der Waals surface area contributed by atoms with E-state index in [1.54, 1.807) is 0 Å². The zero-order valence-electron chi connectivity index (χ0n) is 15.3. The Morgan fingerprint density at radius 1 is 0.962 bits per heavy atom. The minimum Gasteiger partial charge on any atom is -0.341 e. The minimum absolute atomic E-state index is 0.759. The van der Waals surface area contributed by atoms with Gasteiger partial charge in [-0.25, -0.2) is 4.98 Å². The lowest BCUT2D eigenvalue weighted by Crippen LogP contribution is -2.37. The number of nitrogens with one attached hydrogen (secondary N) is 1. The van der Waals surface area contributed by atoms with E-state index >= 15 is 0 Å². The third-order valence-electron chi connectivity index (χ3n) is 6.47. The van der Waals surface area contributed by atoms with Crippen molar-refractivity contribution in [3.8, 4) is 0 Å². The summed E-state index contributed by atoms with van der Waals surface area (Å²) in [6.45, 7) is 2.20. The number of para-hydroxylation sites is 2. The van der Waals surface area contributed by atoms with Gasteiger partial charge in [-0.05, 0) is 68.2 Å². The number of aromatic amines is 1. The highest BCUT2D eigenvalue weighted by atomic mass is 15.2. The number of nitrogens with zero attached hydrogens (tertiary/aromatic N) is 2. The molecule has 3 nitrogen and oxygen atoms in total. The van der Waals surface area contributed by atoms with Crippen LogP contribution < -0.4 is 0 Å². The molecular formula is C23H27N3. The van der Waals surface area contributed by atoms with E-state index in [4.69, 9.17) is 4.98 Å². The smallest absolute Gasteiger partial charge is 0.121 e. The van der Waals surface area contributed by atoms with Crippen molar-refractivity contribution in [3.05, 3.63) is 66.0 Å². The summed E-state index contributed by atoms with van der Waals surface area (Å²) < 4.78 is 0. The van der Waals surface area contributed by atoms with Crippen molar-refractivity contribution in [2.45, 2.75) is 44.7 Å². The van der Waals surface area contributed by atoms with E-state index in [1.807, 2.05) is 0 Å². The number of aromatic nitrogens is 2. The van der Waals surface area contributed by atoms with Crippen molar-refractivity contribution in [3.63, 3.8) is 0 Å². The molecule has 1 aliphatic carbocycles. The number of hydrogen-bond donors (Lipinski definition) is 1. The van der Waals surface area contributed by atoms with Gasteiger partial charge >= 0.3 is 0 Å². The molecule has 2 aromatic carbocycles. The maximum atomic E-state index is 4.79. The molecule has 2 heterocycles. The molecule has 0 unspecified atom stereocenters.